The number of benzene rings is 2. The Morgan fingerprint density at radius 2 is 1.81 bits per heavy atom. The third-order valence-electron chi connectivity index (χ3n) is 5.30. The van der Waals surface area contributed by atoms with E-state index in [0.29, 0.717) is 18.2 Å². The number of amides is 1. The fourth-order valence-corrected chi connectivity index (χ4v) is 3.70. The van der Waals surface area contributed by atoms with Crippen LogP contribution < -0.4 is 0 Å². The lowest BCUT2D eigenvalue weighted by molar-refractivity contribution is 0.0733. The number of likely N-dealkylation sites (N-methyl/N-ethyl adjacent to an activating group) is 2. The number of rotatable bonds is 4. The average Bonchev–Trinajstić information content (AvgIpc) is 3.19. The second kappa shape index (κ2) is 7.37. The van der Waals surface area contributed by atoms with Gasteiger partial charge in [0.2, 0.25) is 0 Å². The normalized spacial score (nSPS) is 16.7. The van der Waals surface area contributed by atoms with Crippen molar-refractivity contribution in [1.82, 2.24) is 19.6 Å². The van der Waals surface area contributed by atoms with E-state index in [1.165, 1.54) is 11.1 Å². The van der Waals surface area contributed by atoms with E-state index in [1.54, 1.807) is 22.0 Å². The highest BCUT2D eigenvalue weighted by Gasteiger charge is 2.26. The van der Waals surface area contributed by atoms with Crippen LogP contribution >= 0.6 is 0 Å². The fraction of sp³-hybridized carbons (Fsp3) is 0.273. The van der Waals surface area contributed by atoms with Crippen LogP contribution in [0.2, 0.25) is 0 Å². The Hall–Kier alpha value is -2.92. The Morgan fingerprint density at radius 3 is 2.59 bits per heavy atom. The molecule has 27 heavy (non-hydrogen) atoms. The van der Waals surface area contributed by atoms with E-state index in [2.05, 4.69) is 41.3 Å². The highest BCUT2D eigenvalue weighted by molar-refractivity contribution is 5.93. The first kappa shape index (κ1) is 17.5. The third kappa shape index (κ3) is 3.64. The SMILES string of the molecule is CN(C[C@H]1Cc2ccccc2CN1C)C(=O)c1cnn(-c2ccccc2)c1. The predicted octanol–water partition coefficient (Wildman–Crippen LogP) is 3.00. The molecule has 5 heteroatoms. The molecule has 0 saturated carbocycles. The zero-order valence-electron chi connectivity index (χ0n) is 15.7. The Morgan fingerprint density at radius 1 is 1.11 bits per heavy atom. The van der Waals surface area contributed by atoms with Crippen molar-refractivity contribution in [3.05, 3.63) is 83.7 Å². The quantitative estimate of drug-likeness (QED) is 0.718. The van der Waals surface area contributed by atoms with E-state index in [0.717, 1.165) is 18.7 Å². The molecular weight excluding hydrogens is 336 g/mol. The fourth-order valence-electron chi connectivity index (χ4n) is 3.70. The number of hydrogen-bond acceptors (Lipinski definition) is 3. The van der Waals surface area contributed by atoms with Gasteiger partial charge >= 0.3 is 0 Å². The maximum absolute atomic E-state index is 12.9. The lowest BCUT2D eigenvalue weighted by Crippen LogP contribution is -2.46. The first-order valence-electron chi connectivity index (χ1n) is 9.24. The summed E-state index contributed by atoms with van der Waals surface area (Å²) < 4.78 is 1.74. The third-order valence-corrected chi connectivity index (χ3v) is 5.30. The monoisotopic (exact) mass is 360 g/mol. The number of fused-ring (bicyclic) bond motifs is 1. The van der Waals surface area contributed by atoms with Crippen LogP contribution in [0.25, 0.3) is 5.69 Å². The van der Waals surface area contributed by atoms with Gasteiger partial charge in [0.05, 0.1) is 17.4 Å². The lowest BCUT2D eigenvalue weighted by atomic mass is 9.94. The van der Waals surface area contributed by atoms with E-state index >= 15 is 0 Å². The Balaban J connectivity index is 1.45. The van der Waals surface area contributed by atoms with Crippen molar-refractivity contribution in [2.24, 2.45) is 0 Å². The van der Waals surface area contributed by atoms with Crippen LogP contribution in [0.1, 0.15) is 21.5 Å². The maximum atomic E-state index is 12.9. The molecule has 1 aliphatic rings. The van der Waals surface area contributed by atoms with Gasteiger partial charge in [-0.3, -0.25) is 9.69 Å². The largest absolute Gasteiger partial charge is 0.340 e. The van der Waals surface area contributed by atoms with Crippen molar-refractivity contribution in [2.75, 3.05) is 20.6 Å². The summed E-state index contributed by atoms with van der Waals surface area (Å²) in [5.41, 5.74) is 4.33. The lowest BCUT2D eigenvalue weighted by Gasteiger charge is -2.36. The molecule has 1 aromatic heterocycles. The van der Waals surface area contributed by atoms with Gasteiger partial charge in [-0.15, -0.1) is 0 Å². The van der Waals surface area contributed by atoms with E-state index in [4.69, 9.17) is 0 Å². The van der Waals surface area contributed by atoms with Gasteiger partial charge in [-0.05, 0) is 36.7 Å². The molecule has 3 aromatic rings. The molecule has 0 N–H and O–H groups in total. The minimum absolute atomic E-state index is 0.00411. The van der Waals surface area contributed by atoms with Crippen molar-refractivity contribution in [1.29, 1.82) is 0 Å². The Kier molecular flexibility index (Phi) is 4.77. The topological polar surface area (TPSA) is 41.4 Å². The van der Waals surface area contributed by atoms with Crippen molar-refractivity contribution in [3.8, 4) is 5.69 Å². The standard InChI is InChI=1S/C22H24N4O/c1-24-14-18-9-7-6-8-17(18)12-21(24)16-25(2)22(27)19-13-23-26(15-19)20-10-4-3-5-11-20/h3-11,13,15,21H,12,14,16H2,1-2H3/t21-/m1/s1. The molecule has 0 saturated heterocycles. The van der Waals surface area contributed by atoms with Crippen molar-refractivity contribution >= 4 is 5.91 Å². The molecule has 0 aliphatic carbocycles. The zero-order valence-corrected chi connectivity index (χ0v) is 15.7. The minimum Gasteiger partial charge on any atom is -0.340 e. The number of hydrogen-bond donors (Lipinski definition) is 0. The summed E-state index contributed by atoms with van der Waals surface area (Å²) in [5.74, 6) is 0.00411. The van der Waals surface area contributed by atoms with Crippen molar-refractivity contribution in [2.45, 2.75) is 19.0 Å². The number of carbonyl (C=O) groups is 1. The van der Waals surface area contributed by atoms with Crippen LogP contribution in [0.5, 0.6) is 0 Å². The van der Waals surface area contributed by atoms with Gasteiger partial charge in [-0.2, -0.15) is 5.10 Å². The summed E-state index contributed by atoms with van der Waals surface area (Å²) in [7, 11) is 4.00. The van der Waals surface area contributed by atoms with E-state index < -0.39 is 0 Å². The summed E-state index contributed by atoms with van der Waals surface area (Å²) in [6.45, 7) is 1.62. The smallest absolute Gasteiger partial charge is 0.256 e. The molecule has 4 rings (SSSR count). The number of nitrogens with zero attached hydrogens (tertiary/aromatic N) is 4. The van der Waals surface area contributed by atoms with Crippen LogP contribution in [-0.2, 0) is 13.0 Å². The molecule has 1 amide bonds. The molecule has 2 heterocycles. The van der Waals surface area contributed by atoms with Crippen molar-refractivity contribution in [3.63, 3.8) is 0 Å². The minimum atomic E-state index is 0.00411. The maximum Gasteiger partial charge on any atom is 0.256 e. The molecule has 0 unspecified atom stereocenters. The Bertz CT molecular complexity index is 934. The summed E-state index contributed by atoms with van der Waals surface area (Å²) >= 11 is 0. The second-order valence-electron chi connectivity index (χ2n) is 7.24. The Labute approximate surface area is 159 Å². The average molecular weight is 360 g/mol. The van der Waals surface area contributed by atoms with Gasteiger partial charge in [0.25, 0.3) is 5.91 Å². The van der Waals surface area contributed by atoms with Crippen LogP contribution in [0.4, 0.5) is 0 Å². The van der Waals surface area contributed by atoms with E-state index in [-0.39, 0.29) is 5.91 Å². The summed E-state index contributed by atoms with van der Waals surface area (Å²) in [6.07, 6.45) is 4.41. The molecule has 138 valence electrons. The second-order valence-corrected chi connectivity index (χ2v) is 7.24. The number of carbonyl (C=O) groups excluding carboxylic acids is 1. The molecule has 2 aromatic carbocycles. The van der Waals surface area contributed by atoms with Crippen LogP contribution in [0, 0.1) is 0 Å². The summed E-state index contributed by atoms with van der Waals surface area (Å²) in [5, 5.41) is 4.34. The molecule has 1 atom stereocenters. The highest BCUT2D eigenvalue weighted by Crippen LogP contribution is 2.22. The first-order chi connectivity index (χ1) is 13.1. The highest BCUT2D eigenvalue weighted by atomic mass is 16.2. The van der Waals surface area contributed by atoms with Gasteiger partial charge in [0.15, 0.2) is 0 Å². The molecule has 5 nitrogen and oxygen atoms in total. The summed E-state index contributed by atoms with van der Waals surface area (Å²) in [6, 6.07) is 18.7. The molecule has 1 aliphatic heterocycles. The zero-order chi connectivity index (χ0) is 18.8. The van der Waals surface area contributed by atoms with Gasteiger partial charge < -0.3 is 4.90 Å². The summed E-state index contributed by atoms with van der Waals surface area (Å²) in [4.78, 5) is 17.0. The first-order valence-corrected chi connectivity index (χ1v) is 9.24. The van der Waals surface area contributed by atoms with Crippen molar-refractivity contribution < 1.29 is 4.79 Å². The van der Waals surface area contributed by atoms with Gasteiger partial charge in [0.1, 0.15) is 0 Å². The number of aromatic nitrogens is 2. The molecule has 0 radical (unpaired) electrons. The van der Waals surface area contributed by atoms with Gasteiger partial charge in [-0.25, -0.2) is 4.68 Å². The van der Waals surface area contributed by atoms with Gasteiger partial charge in [0, 0.05) is 32.4 Å². The van der Waals surface area contributed by atoms with E-state index in [9.17, 15) is 4.79 Å². The van der Waals surface area contributed by atoms with Gasteiger partial charge in [-0.1, -0.05) is 42.5 Å². The van der Waals surface area contributed by atoms with E-state index in [1.807, 2.05) is 37.4 Å². The van der Waals surface area contributed by atoms with Crippen LogP contribution in [0.3, 0.4) is 0 Å². The molecule has 0 spiro atoms. The molecule has 0 fully saturated rings. The number of para-hydroxylation sites is 1. The predicted molar refractivity (Wildman–Crippen MR) is 106 cm³/mol. The molecular formula is C22H24N4O. The molecule has 0 bridgehead atoms. The van der Waals surface area contributed by atoms with Crippen LogP contribution in [0.15, 0.2) is 67.0 Å². The van der Waals surface area contributed by atoms with Crippen LogP contribution in [-0.4, -0.2) is 52.2 Å².